The van der Waals surface area contributed by atoms with Gasteiger partial charge < -0.3 is 14.4 Å². The number of aliphatic hydroxyl groups is 1. The van der Waals surface area contributed by atoms with Crippen LogP contribution in [0.5, 0.6) is 5.75 Å². The zero-order valence-corrected chi connectivity index (χ0v) is 15.8. The zero-order chi connectivity index (χ0) is 20.5. The highest BCUT2D eigenvalue weighted by Gasteiger charge is 2.48. The molecule has 0 bridgehead atoms. The lowest BCUT2D eigenvalue weighted by Crippen LogP contribution is -2.29. The molecular formula is C22H18N2O5. The van der Waals surface area contributed by atoms with Crippen LogP contribution in [0.2, 0.25) is 0 Å². The number of aryl methyl sites for hydroxylation is 1. The van der Waals surface area contributed by atoms with Gasteiger partial charge in [-0.15, -0.1) is 0 Å². The number of nitrogens with zero attached hydrogens (tertiary/aromatic N) is 2. The van der Waals surface area contributed by atoms with Gasteiger partial charge in [0.25, 0.3) is 5.78 Å². The van der Waals surface area contributed by atoms with E-state index in [-0.39, 0.29) is 17.2 Å². The minimum absolute atomic E-state index is 0.00739. The second-order valence-electron chi connectivity index (χ2n) is 6.60. The van der Waals surface area contributed by atoms with E-state index in [4.69, 9.17) is 9.26 Å². The third-order valence-electron chi connectivity index (χ3n) is 4.79. The maximum atomic E-state index is 12.9. The molecule has 0 spiro atoms. The third-order valence-corrected chi connectivity index (χ3v) is 4.79. The molecule has 1 atom stereocenters. The summed E-state index contributed by atoms with van der Waals surface area (Å²) >= 11 is 0. The molecule has 146 valence electrons. The average molecular weight is 390 g/mol. The highest BCUT2D eigenvalue weighted by Crippen LogP contribution is 2.42. The number of carbonyl (C=O) groups is 2. The molecule has 1 aliphatic heterocycles. The predicted molar refractivity (Wildman–Crippen MR) is 105 cm³/mol. The monoisotopic (exact) mass is 390 g/mol. The zero-order valence-electron chi connectivity index (χ0n) is 15.8. The van der Waals surface area contributed by atoms with E-state index in [1.165, 1.54) is 4.90 Å². The predicted octanol–water partition coefficient (Wildman–Crippen LogP) is 3.62. The van der Waals surface area contributed by atoms with Gasteiger partial charge in [-0.25, -0.2) is 0 Å². The number of carbonyl (C=O) groups excluding carboxylic acids is 2. The van der Waals surface area contributed by atoms with Crippen LogP contribution >= 0.6 is 0 Å². The van der Waals surface area contributed by atoms with Crippen molar-refractivity contribution >= 4 is 23.3 Å². The fraction of sp³-hybridized carbons (Fsp3) is 0.136. The van der Waals surface area contributed by atoms with Crippen molar-refractivity contribution in [1.82, 2.24) is 5.16 Å². The molecule has 0 radical (unpaired) electrons. The van der Waals surface area contributed by atoms with E-state index < -0.39 is 17.7 Å². The van der Waals surface area contributed by atoms with Crippen LogP contribution in [-0.2, 0) is 9.59 Å². The summed E-state index contributed by atoms with van der Waals surface area (Å²) in [6.45, 7) is 1.69. The number of aliphatic hydroxyl groups excluding tert-OH is 1. The summed E-state index contributed by atoms with van der Waals surface area (Å²) in [6.07, 6.45) is 0. The number of benzene rings is 2. The van der Waals surface area contributed by atoms with Gasteiger partial charge in [-0.2, -0.15) is 0 Å². The van der Waals surface area contributed by atoms with Crippen LogP contribution in [0.1, 0.15) is 22.9 Å². The van der Waals surface area contributed by atoms with Gasteiger partial charge >= 0.3 is 5.91 Å². The van der Waals surface area contributed by atoms with E-state index in [2.05, 4.69) is 5.16 Å². The summed E-state index contributed by atoms with van der Waals surface area (Å²) in [7, 11) is 1.55. The first-order chi connectivity index (χ1) is 14.0. The first-order valence-electron chi connectivity index (χ1n) is 8.95. The van der Waals surface area contributed by atoms with Crippen molar-refractivity contribution in [3.63, 3.8) is 0 Å². The first kappa shape index (κ1) is 18.5. The number of amides is 1. The molecule has 1 N–H and O–H groups in total. The number of hydrogen-bond donors (Lipinski definition) is 1. The standard InChI is InChI=1S/C22H18N2O5/c1-13-12-17(23-29-13)24-19(14-8-10-16(28-2)11-9-14)18(21(26)22(24)27)20(25)15-6-4-3-5-7-15/h3-12,19,25H,1-2H3/b20-18+/t19-/m0/s1. The lowest BCUT2D eigenvalue weighted by molar-refractivity contribution is -0.132. The van der Waals surface area contributed by atoms with Gasteiger partial charge in [-0.05, 0) is 24.6 Å². The molecule has 1 saturated heterocycles. The Morgan fingerprint density at radius 3 is 2.38 bits per heavy atom. The molecule has 7 nitrogen and oxygen atoms in total. The molecule has 3 aromatic rings. The van der Waals surface area contributed by atoms with Crippen LogP contribution in [0.15, 0.2) is 70.8 Å². The number of Topliss-reactive ketones (excluding diaryl/α,β-unsaturated/α-hetero) is 1. The number of methoxy groups -OCH3 is 1. The lowest BCUT2D eigenvalue weighted by Gasteiger charge is -2.23. The van der Waals surface area contributed by atoms with Crippen LogP contribution < -0.4 is 9.64 Å². The molecule has 4 rings (SSSR count). The number of ether oxygens (including phenoxy) is 1. The second kappa shape index (κ2) is 7.27. The van der Waals surface area contributed by atoms with E-state index in [0.717, 1.165) is 0 Å². The van der Waals surface area contributed by atoms with Crippen molar-refractivity contribution in [2.45, 2.75) is 13.0 Å². The molecule has 1 aromatic heterocycles. The van der Waals surface area contributed by atoms with Crippen LogP contribution in [0, 0.1) is 6.92 Å². The van der Waals surface area contributed by atoms with Crippen molar-refractivity contribution in [2.75, 3.05) is 12.0 Å². The van der Waals surface area contributed by atoms with Crippen LogP contribution in [0.25, 0.3) is 5.76 Å². The van der Waals surface area contributed by atoms with E-state index in [9.17, 15) is 14.7 Å². The fourth-order valence-electron chi connectivity index (χ4n) is 3.39. The third kappa shape index (κ3) is 3.16. The topological polar surface area (TPSA) is 92.9 Å². The molecule has 0 saturated carbocycles. The Bertz CT molecular complexity index is 1100. The summed E-state index contributed by atoms with van der Waals surface area (Å²) < 4.78 is 10.3. The Kier molecular flexibility index (Phi) is 4.64. The SMILES string of the molecule is COc1ccc([C@H]2/C(=C(\O)c3ccccc3)C(=O)C(=O)N2c2cc(C)on2)cc1. The van der Waals surface area contributed by atoms with Crippen molar-refractivity contribution in [2.24, 2.45) is 0 Å². The molecule has 29 heavy (non-hydrogen) atoms. The first-order valence-corrected chi connectivity index (χ1v) is 8.95. The molecule has 1 fully saturated rings. The van der Waals surface area contributed by atoms with Crippen molar-refractivity contribution < 1.29 is 24.0 Å². The van der Waals surface area contributed by atoms with E-state index >= 15 is 0 Å². The Balaban J connectivity index is 1.92. The number of hydrogen-bond acceptors (Lipinski definition) is 6. The maximum absolute atomic E-state index is 12.9. The second-order valence-corrected chi connectivity index (χ2v) is 6.60. The van der Waals surface area contributed by atoms with Gasteiger partial charge in [0.2, 0.25) is 0 Å². The molecular weight excluding hydrogens is 372 g/mol. The van der Waals surface area contributed by atoms with Crippen LogP contribution in [0.4, 0.5) is 5.82 Å². The van der Waals surface area contributed by atoms with Crippen molar-refractivity contribution in [1.29, 1.82) is 0 Å². The van der Waals surface area contributed by atoms with Gasteiger partial charge in [0, 0.05) is 11.6 Å². The van der Waals surface area contributed by atoms with Gasteiger partial charge in [0.1, 0.15) is 17.3 Å². The molecule has 2 aromatic carbocycles. The van der Waals surface area contributed by atoms with Gasteiger partial charge in [-0.1, -0.05) is 47.6 Å². The van der Waals surface area contributed by atoms with Crippen molar-refractivity contribution in [3.05, 3.63) is 83.1 Å². The highest BCUT2D eigenvalue weighted by molar-refractivity contribution is 6.51. The molecule has 0 aliphatic carbocycles. The Hall–Kier alpha value is -3.87. The average Bonchev–Trinajstić information content (AvgIpc) is 3.29. The summed E-state index contributed by atoms with van der Waals surface area (Å²) in [5.41, 5.74) is 1.07. The summed E-state index contributed by atoms with van der Waals surface area (Å²) in [4.78, 5) is 27.1. The number of anilines is 1. The molecule has 7 heteroatoms. The number of aromatic nitrogens is 1. The Labute approximate surface area is 166 Å². The summed E-state index contributed by atoms with van der Waals surface area (Å²) in [6, 6.07) is 16.3. The maximum Gasteiger partial charge on any atom is 0.301 e. The van der Waals surface area contributed by atoms with E-state index in [1.54, 1.807) is 74.7 Å². The normalized spacial score (nSPS) is 18.3. The van der Waals surface area contributed by atoms with Crippen LogP contribution in [0.3, 0.4) is 0 Å². The van der Waals surface area contributed by atoms with Gasteiger partial charge in [0.15, 0.2) is 5.82 Å². The smallest absolute Gasteiger partial charge is 0.301 e. The van der Waals surface area contributed by atoms with E-state index in [1.807, 2.05) is 0 Å². The lowest BCUT2D eigenvalue weighted by atomic mass is 9.95. The van der Waals surface area contributed by atoms with E-state index in [0.29, 0.717) is 22.6 Å². The van der Waals surface area contributed by atoms with Gasteiger partial charge in [-0.3, -0.25) is 14.5 Å². The highest BCUT2D eigenvalue weighted by atomic mass is 16.5. The minimum Gasteiger partial charge on any atom is -0.507 e. The number of rotatable bonds is 4. The summed E-state index contributed by atoms with van der Waals surface area (Å²) in [5, 5.41) is 14.8. The van der Waals surface area contributed by atoms with Crippen LogP contribution in [-0.4, -0.2) is 29.1 Å². The minimum atomic E-state index is -0.856. The fourth-order valence-corrected chi connectivity index (χ4v) is 3.39. The van der Waals surface area contributed by atoms with Gasteiger partial charge in [0.05, 0.1) is 18.7 Å². The largest absolute Gasteiger partial charge is 0.507 e. The Morgan fingerprint density at radius 1 is 1.10 bits per heavy atom. The van der Waals surface area contributed by atoms with Crippen molar-refractivity contribution in [3.8, 4) is 5.75 Å². The molecule has 1 aliphatic rings. The molecule has 0 unspecified atom stereocenters. The molecule has 1 amide bonds. The quantitative estimate of drug-likeness (QED) is 0.416. The Morgan fingerprint density at radius 2 is 1.79 bits per heavy atom. The molecule has 2 heterocycles. The summed E-state index contributed by atoms with van der Waals surface area (Å²) in [5.74, 6) is -0.473. The number of ketones is 1.